The van der Waals surface area contributed by atoms with E-state index in [-0.39, 0.29) is 6.04 Å². The number of hydrogen-bond acceptors (Lipinski definition) is 4. The third kappa shape index (κ3) is 3.49. The van der Waals surface area contributed by atoms with Crippen molar-refractivity contribution in [2.45, 2.75) is 32.4 Å². The summed E-state index contributed by atoms with van der Waals surface area (Å²) in [5.41, 5.74) is 2.39. The molecule has 1 saturated carbocycles. The SMILES string of the molecule is CC(NCc1ccccc1OCC1CC1)c1ccc2c(c1)OCO2. The van der Waals surface area contributed by atoms with Gasteiger partial charge in [-0.3, -0.25) is 0 Å². The van der Waals surface area contributed by atoms with Gasteiger partial charge >= 0.3 is 0 Å². The Morgan fingerprint density at radius 2 is 1.96 bits per heavy atom. The van der Waals surface area contributed by atoms with Gasteiger partial charge in [0, 0.05) is 18.2 Å². The highest BCUT2D eigenvalue weighted by molar-refractivity contribution is 5.45. The van der Waals surface area contributed by atoms with E-state index in [4.69, 9.17) is 14.2 Å². The molecule has 1 heterocycles. The highest BCUT2D eigenvalue weighted by atomic mass is 16.7. The summed E-state index contributed by atoms with van der Waals surface area (Å²) in [7, 11) is 0. The van der Waals surface area contributed by atoms with Gasteiger partial charge in [-0.15, -0.1) is 0 Å². The van der Waals surface area contributed by atoms with Gasteiger partial charge in [0.15, 0.2) is 11.5 Å². The summed E-state index contributed by atoms with van der Waals surface area (Å²) in [5.74, 6) is 3.41. The van der Waals surface area contributed by atoms with Gasteiger partial charge in [-0.1, -0.05) is 24.3 Å². The van der Waals surface area contributed by atoms with Crippen molar-refractivity contribution in [3.05, 3.63) is 53.6 Å². The number of fused-ring (bicyclic) bond motifs is 1. The highest BCUT2D eigenvalue weighted by Gasteiger charge is 2.22. The zero-order valence-corrected chi connectivity index (χ0v) is 14.0. The summed E-state index contributed by atoms with van der Waals surface area (Å²) < 4.78 is 16.8. The molecule has 4 heteroatoms. The Kier molecular flexibility index (Phi) is 4.30. The molecule has 4 rings (SSSR count). The predicted octanol–water partition coefficient (Wildman–Crippen LogP) is 4.05. The first kappa shape index (κ1) is 15.3. The van der Waals surface area contributed by atoms with Crippen molar-refractivity contribution in [3.8, 4) is 17.2 Å². The Morgan fingerprint density at radius 3 is 2.83 bits per heavy atom. The van der Waals surface area contributed by atoms with Gasteiger partial charge in [-0.25, -0.2) is 0 Å². The summed E-state index contributed by atoms with van der Waals surface area (Å²) in [6.45, 7) is 4.09. The molecule has 2 aromatic carbocycles. The van der Waals surface area contributed by atoms with Crippen LogP contribution in [0.15, 0.2) is 42.5 Å². The highest BCUT2D eigenvalue weighted by Crippen LogP contribution is 2.34. The van der Waals surface area contributed by atoms with Gasteiger partial charge in [0.05, 0.1) is 6.61 Å². The molecular formula is C20H23NO3. The molecule has 0 aromatic heterocycles. The van der Waals surface area contributed by atoms with Crippen molar-refractivity contribution < 1.29 is 14.2 Å². The van der Waals surface area contributed by atoms with Crippen LogP contribution in [0, 0.1) is 5.92 Å². The van der Waals surface area contributed by atoms with E-state index in [1.807, 2.05) is 12.1 Å². The molecule has 1 atom stereocenters. The smallest absolute Gasteiger partial charge is 0.231 e. The average Bonchev–Trinajstić information content (AvgIpc) is 3.33. The molecule has 126 valence electrons. The number of rotatable bonds is 7. The van der Waals surface area contributed by atoms with Crippen LogP contribution in [0.5, 0.6) is 17.2 Å². The van der Waals surface area contributed by atoms with Gasteiger partial charge < -0.3 is 19.5 Å². The van der Waals surface area contributed by atoms with E-state index in [9.17, 15) is 0 Å². The monoisotopic (exact) mass is 325 g/mol. The molecule has 2 aliphatic rings. The summed E-state index contributed by atoms with van der Waals surface area (Å²) in [5, 5.41) is 3.57. The Morgan fingerprint density at radius 1 is 1.12 bits per heavy atom. The predicted molar refractivity (Wildman–Crippen MR) is 92.5 cm³/mol. The van der Waals surface area contributed by atoms with Crippen molar-refractivity contribution in [1.82, 2.24) is 5.32 Å². The first-order valence-electron chi connectivity index (χ1n) is 8.63. The summed E-state index contributed by atoms with van der Waals surface area (Å²) in [6.07, 6.45) is 2.61. The van der Waals surface area contributed by atoms with Gasteiger partial charge in [-0.05, 0) is 49.4 Å². The minimum Gasteiger partial charge on any atom is -0.493 e. The maximum absolute atomic E-state index is 5.98. The molecule has 0 radical (unpaired) electrons. The van der Waals surface area contributed by atoms with Crippen LogP contribution in [-0.2, 0) is 6.54 Å². The third-order valence-corrected chi connectivity index (χ3v) is 4.64. The van der Waals surface area contributed by atoms with E-state index in [1.54, 1.807) is 0 Å². The molecule has 0 amide bonds. The first-order chi connectivity index (χ1) is 11.8. The Balaban J connectivity index is 1.39. The molecular weight excluding hydrogens is 302 g/mol. The normalized spacial score (nSPS) is 16.9. The molecule has 0 spiro atoms. The van der Waals surface area contributed by atoms with Crippen LogP contribution in [-0.4, -0.2) is 13.4 Å². The fraction of sp³-hybridized carbons (Fsp3) is 0.400. The lowest BCUT2D eigenvalue weighted by Crippen LogP contribution is -2.18. The van der Waals surface area contributed by atoms with Gasteiger partial charge in [-0.2, -0.15) is 0 Å². The van der Waals surface area contributed by atoms with Crippen LogP contribution >= 0.6 is 0 Å². The van der Waals surface area contributed by atoms with Crippen LogP contribution < -0.4 is 19.5 Å². The maximum atomic E-state index is 5.98. The largest absolute Gasteiger partial charge is 0.493 e. The molecule has 1 fully saturated rings. The number of nitrogens with one attached hydrogen (secondary N) is 1. The first-order valence-corrected chi connectivity index (χ1v) is 8.63. The zero-order valence-electron chi connectivity index (χ0n) is 14.0. The molecule has 24 heavy (non-hydrogen) atoms. The molecule has 0 bridgehead atoms. The van der Waals surface area contributed by atoms with Gasteiger partial charge in [0.1, 0.15) is 5.75 Å². The lowest BCUT2D eigenvalue weighted by Gasteiger charge is -2.17. The van der Waals surface area contributed by atoms with E-state index in [1.165, 1.54) is 24.0 Å². The van der Waals surface area contributed by atoms with Crippen LogP contribution in [0.1, 0.15) is 36.9 Å². The van der Waals surface area contributed by atoms with Crippen molar-refractivity contribution in [1.29, 1.82) is 0 Å². The quantitative estimate of drug-likeness (QED) is 0.833. The summed E-state index contributed by atoms with van der Waals surface area (Å²) in [6, 6.07) is 14.6. The molecule has 0 saturated heterocycles. The lowest BCUT2D eigenvalue weighted by atomic mass is 10.1. The fourth-order valence-corrected chi connectivity index (χ4v) is 2.85. The van der Waals surface area contributed by atoms with Gasteiger partial charge in [0.2, 0.25) is 6.79 Å². The van der Waals surface area contributed by atoms with Gasteiger partial charge in [0.25, 0.3) is 0 Å². The second-order valence-corrected chi connectivity index (χ2v) is 6.58. The number of benzene rings is 2. The average molecular weight is 325 g/mol. The Labute approximate surface area is 142 Å². The Hall–Kier alpha value is -2.20. The minimum absolute atomic E-state index is 0.219. The molecule has 1 aliphatic carbocycles. The van der Waals surface area contributed by atoms with E-state index in [2.05, 4.69) is 42.6 Å². The van der Waals surface area contributed by atoms with Crippen LogP contribution in [0.25, 0.3) is 0 Å². The minimum atomic E-state index is 0.219. The lowest BCUT2D eigenvalue weighted by molar-refractivity contribution is 0.174. The molecule has 1 aliphatic heterocycles. The molecule has 1 unspecified atom stereocenters. The van der Waals surface area contributed by atoms with Crippen LogP contribution in [0.2, 0.25) is 0 Å². The van der Waals surface area contributed by atoms with Crippen LogP contribution in [0.4, 0.5) is 0 Å². The van der Waals surface area contributed by atoms with E-state index in [0.717, 1.165) is 36.3 Å². The van der Waals surface area contributed by atoms with E-state index in [0.29, 0.717) is 6.79 Å². The number of para-hydroxylation sites is 1. The third-order valence-electron chi connectivity index (χ3n) is 4.64. The zero-order chi connectivity index (χ0) is 16.4. The standard InChI is InChI=1S/C20H23NO3/c1-14(16-8-9-19-20(10-16)24-13-23-19)21-11-17-4-2-3-5-18(17)22-12-15-6-7-15/h2-5,8-10,14-15,21H,6-7,11-13H2,1H3. The second-order valence-electron chi connectivity index (χ2n) is 6.58. The molecule has 1 N–H and O–H groups in total. The number of hydrogen-bond donors (Lipinski definition) is 1. The summed E-state index contributed by atoms with van der Waals surface area (Å²) in [4.78, 5) is 0. The fourth-order valence-electron chi connectivity index (χ4n) is 2.85. The van der Waals surface area contributed by atoms with Crippen molar-refractivity contribution in [2.24, 2.45) is 5.92 Å². The second kappa shape index (κ2) is 6.73. The molecule has 2 aromatic rings. The van der Waals surface area contributed by atoms with E-state index >= 15 is 0 Å². The maximum Gasteiger partial charge on any atom is 0.231 e. The van der Waals surface area contributed by atoms with E-state index < -0.39 is 0 Å². The topological polar surface area (TPSA) is 39.7 Å². The summed E-state index contributed by atoms with van der Waals surface area (Å²) >= 11 is 0. The van der Waals surface area contributed by atoms with Crippen molar-refractivity contribution in [3.63, 3.8) is 0 Å². The molecule has 4 nitrogen and oxygen atoms in total. The van der Waals surface area contributed by atoms with Crippen molar-refractivity contribution in [2.75, 3.05) is 13.4 Å². The Bertz CT molecular complexity index is 712. The van der Waals surface area contributed by atoms with Crippen molar-refractivity contribution >= 4 is 0 Å². The van der Waals surface area contributed by atoms with Crippen LogP contribution in [0.3, 0.4) is 0 Å². The number of ether oxygens (including phenoxy) is 3.